The van der Waals surface area contributed by atoms with Crippen LogP contribution in [0.5, 0.6) is 0 Å². The van der Waals surface area contributed by atoms with Crippen molar-refractivity contribution in [2.24, 2.45) is 17.8 Å². The molecule has 2 heteroatoms. The van der Waals surface area contributed by atoms with Crippen molar-refractivity contribution >= 4 is 0 Å². The van der Waals surface area contributed by atoms with Crippen LogP contribution in [-0.2, 0) is 6.42 Å². The van der Waals surface area contributed by atoms with E-state index < -0.39 is 0 Å². The quantitative estimate of drug-likeness (QED) is 0.766. The Labute approximate surface area is 139 Å². The summed E-state index contributed by atoms with van der Waals surface area (Å²) in [5, 5.41) is 0. The highest BCUT2D eigenvalue weighted by Gasteiger charge is 2.36. The van der Waals surface area contributed by atoms with E-state index in [1.807, 2.05) is 24.4 Å². The molecule has 4 rings (SSSR count). The number of hydrogen-bond acceptors (Lipinski definition) is 2. The highest BCUT2D eigenvalue weighted by molar-refractivity contribution is 5.53. The molecule has 2 saturated carbocycles. The van der Waals surface area contributed by atoms with Gasteiger partial charge in [-0.05, 0) is 73.6 Å². The summed E-state index contributed by atoms with van der Waals surface area (Å²) in [4.78, 5) is 8.98. The number of aryl methyl sites for hydroxylation is 1. The van der Waals surface area contributed by atoms with Crippen LogP contribution in [0, 0.1) is 17.8 Å². The first kappa shape index (κ1) is 14.9. The molecule has 0 amide bonds. The number of rotatable bonds is 4. The third-order valence-corrected chi connectivity index (χ3v) is 6.04. The van der Waals surface area contributed by atoms with Crippen molar-refractivity contribution < 1.29 is 0 Å². The number of hydrogen-bond donors (Lipinski definition) is 0. The zero-order valence-corrected chi connectivity index (χ0v) is 13.8. The van der Waals surface area contributed by atoms with E-state index >= 15 is 0 Å². The maximum absolute atomic E-state index is 4.61. The van der Waals surface area contributed by atoms with Crippen LogP contribution < -0.4 is 0 Å². The van der Waals surface area contributed by atoms with Gasteiger partial charge < -0.3 is 0 Å². The molecule has 2 heterocycles. The summed E-state index contributed by atoms with van der Waals surface area (Å²) < 4.78 is 0. The molecule has 2 aromatic heterocycles. The van der Waals surface area contributed by atoms with Crippen molar-refractivity contribution in [2.45, 2.75) is 51.4 Å². The Balaban J connectivity index is 1.36. The van der Waals surface area contributed by atoms with E-state index in [2.05, 4.69) is 28.3 Å². The van der Waals surface area contributed by atoms with Gasteiger partial charge >= 0.3 is 0 Å². The monoisotopic (exact) mass is 306 g/mol. The van der Waals surface area contributed by atoms with Gasteiger partial charge in [-0.3, -0.25) is 9.97 Å². The van der Waals surface area contributed by atoms with Crippen LogP contribution in [0.4, 0.5) is 0 Å². The molecule has 0 bridgehead atoms. The van der Waals surface area contributed by atoms with Gasteiger partial charge in [0.15, 0.2) is 0 Å². The third-order valence-electron chi connectivity index (χ3n) is 6.04. The van der Waals surface area contributed by atoms with E-state index in [9.17, 15) is 0 Å². The van der Waals surface area contributed by atoms with Crippen LogP contribution in [-0.4, -0.2) is 9.97 Å². The average molecular weight is 306 g/mol. The highest BCUT2D eigenvalue weighted by Crippen LogP contribution is 2.47. The maximum atomic E-state index is 4.61. The van der Waals surface area contributed by atoms with Gasteiger partial charge in [-0.1, -0.05) is 31.4 Å². The molecular weight excluding hydrogens is 280 g/mol. The first-order chi connectivity index (χ1) is 11.4. The van der Waals surface area contributed by atoms with Crippen LogP contribution in [0.25, 0.3) is 11.4 Å². The summed E-state index contributed by atoms with van der Waals surface area (Å²) in [6, 6.07) is 10.3. The Kier molecular flexibility index (Phi) is 4.41. The topological polar surface area (TPSA) is 25.8 Å². The number of pyridine rings is 2. The average Bonchev–Trinajstić information content (AvgIpc) is 3.04. The van der Waals surface area contributed by atoms with E-state index in [1.54, 1.807) is 0 Å². The van der Waals surface area contributed by atoms with Crippen LogP contribution in [0.3, 0.4) is 0 Å². The molecule has 0 radical (unpaired) electrons. The summed E-state index contributed by atoms with van der Waals surface area (Å²) in [6.07, 6.45) is 15.3. The molecular formula is C21H26N2. The van der Waals surface area contributed by atoms with Gasteiger partial charge in [0, 0.05) is 12.4 Å². The van der Waals surface area contributed by atoms with Crippen LogP contribution >= 0.6 is 0 Å². The lowest BCUT2D eigenvalue weighted by Crippen LogP contribution is -2.19. The molecule has 2 aromatic rings. The predicted molar refractivity (Wildman–Crippen MR) is 94.0 cm³/mol. The predicted octanol–water partition coefficient (Wildman–Crippen LogP) is 5.29. The lowest BCUT2D eigenvalue weighted by atomic mass is 9.77. The summed E-state index contributed by atoms with van der Waals surface area (Å²) >= 11 is 0. The molecule has 0 aromatic carbocycles. The first-order valence-corrected chi connectivity index (χ1v) is 9.26. The SMILES string of the molecule is c1ccc(-c2ccc(CCC3CCC4CCCCC43)cn2)nc1. The van der Waals surface area contributed by atoms with Crippen molar-refractivity contribution in [1.29, 1.82) is 0 Å². The molecule has 0 spiro atoms. The Hall–Kier alpha value is -1.70. The minimum absolute atomic E-state index is 0.958. The van der Waals surface area contributed by atoms with Crippen LogP contribution in [0.2, 0.25) is 0 Å². The molecule has 0 N–H and O–H groups in total. The normalized spacial score (nSPS) is 26.9. The van der Waals surface area contributed by atoms with Gasteiger partial charge in [-0.25, -0.2) is 0 Å². The van der Waals surface area contributed by atoms with E-state index in [1.165, 1.54) is 56.9 Å². The minimum atomic E-state index is 0.958. The fourth-order valence-corrected chi connectivity index (χ4v) is 4.81. The number of fused-ring (bicyclic) bond motifs is 1. The van der Waals surface area contributed by atoms with Crippen molar-refractivity contribution in [3.8, 4) is 11.4 Å². The maximum Gasteiger partial charge on any atom is 0.0886 e. The zero-order valence-electron chi connectivity index (χ0n) is 13.8. The molecule has 3 unspecified atom stereocenters. The molecule has 2 aliphatic rings. The van der Waals surface area contributed by atoms with Crippen molar-refractivity contribution in [3.63, 3.8) is 0 Å². The fourth-order valence-electron chi connectivity index (χ4n) is 4.81. The number of aromatic nitrogens is 2. The Morgan fingerprint density at radius 3 is 2.61 bits per heavy atom. The minimum Gasteiger partial charge on any atom is -0.255 e. The van der Waals surface area contributed by atoms with Gasteiger partial charge in [-0.15, -0.1) is 0 Å². The second-order valence-electron chi connectivity index (χ2n) is 7.35. The Morgan fingerprint density at radius 1 is 0.870 bits per heavy atom. The molecule has 120 valence electrons. The lowest BCUT2D eigenvalue weighted by Gasteiger charge is -2.29. The molecule has 2 aliphatic carbocycles. The fraction of sp³-hybridized carbons (Fsp3) is 0.524. The smallest absolute Gasteiger partial charge is 0.0886 e. The summed E-state index contributed by atoms with van der Waals surface area (Å²) in [7, 11) is 0. The van der Waals surface area contributed by atoms with Crippen molar-refractivity contribution in [2.75, 3.05) is 0 Å². The van der Waals surface area contributed by atoms with Crippen molar-refractivity contribution in [1.82, 2.24) is 9.97 Å². The van der Waals surface area contributed by atoms with Gasteiger partial charge in [0.05, 0.1) is 11.4 Å². The summed E-state index contributed by atoms with van der Waals surface area (Å²) in [5.74, 6) is 3.05. The van der Waals surface area contributed by atoms with Gasteiger partial charge in [-0.2, -0.15) is 0 Å². The van der Waals surface area contributed by atoms with E-state index in [0.29, 0.717) is 0 Å². The zero-order chi connectivity index (χ0) is 15.5. The van der Waals surface area contributed by atoms with Gasteiger partial charge in [0.1, 0.15) is 0 Å². The molecule has 2 nitrogen and oxygen atoms in total. The summed E-state index contributed by atoms with van der Waals surface area (Å²) in [6.45, 7) is 0. The van der Waals surface area contributed by atoms with Crippen LogP contribution in [0.15, 0.2) is 42.7 Å². The summed E-state index contributed by atoms with van der Waals surface area (Å²) in [5.41, 5.74) is 3.31. The van der Waals surface area contributed by atoms with E-state index in [-0.39, 0.29) is 0 Å². The van der Waals surface area contributed by atoms with Gasteiger partial charge in [0.2, 0.25) is 0 Å². The second-order valence-corrected chi connectivity index (χ2v) is 7.35. The second kappa shape index (κ2) is 6.82. The Morgan fingerprint density at radius 2 is 1.78 bits per heavy atom. The lowest BCUT2D eigenvalue weighted by molar-refractivity contribution is 0.221. The van der Waals surface area contributed by atoms with Gasteiger partial charge in [0.25, 0.3) is 0 Å². The molecule has 23 heavy (non-hydrogen) atoms. The molecule has 0 aliphatic heterocycles. The van der Waals surface area contributed by atoms with E-state index in [0.717, 1.165) is 29.1 Å². The third kappa shape index (κ3) is 3.31. The number of nitrogens with zero attached hydrogens (tertiary/aromatic N) is 2. The Bertz CT molecular complexity index is 620. The van der Waals surface area contributed by atoms with Crippen molar-refractivity contribution in [3.05, 3.63) is 48.3 Å². The largest absolute Gasteiger partial charge is 0.255 e. The molecule has 3 atom stereocenters. The van der Waals surface area contributed by atoms with Crippen LogP contribution in [0.1, 0.15) is 50.5 Å². The highest BCUT2D eigenvalue weighted by atomic mass is 14.8. The van der Waals surface area contributed by atoms with E-state index in [4.69, 9.17) is 0 Å². The standard InChI is InChI=1S/C21H26N2/c1-2-6-19-17(5-1)11-12-18(19)10-8-16-9-13-21(23-15-16)20-7-3-4-14-22-20/h3-4,7,9,13-15,17-19H,1-2,5-6,8,10-12H2. The molecule has 0 saturated heterocycles. The molecule has 2 fully saturated rings. The first-order valence-electron chi connectivity index (χ1n) is 9.26.